The predicted molar refractivity (Wildman–Crippen MR) is 141 cm³/mol. The summed E-state index contributed by atoms with van der Waals surface area (Å²) in [7, 11) is 0. The van der Waals surface area contributed by atoms with E-state index in [1.54, 1.807) is 36.3 Å². The zero-order chi connectivity index (χ0) is 25.4. The number of nitrogens with two attached hydrogens (primary N) is 2. The minimum atomic E-state index is -0.366. The standard InChI is InChI=1S/C25H33N5O3S2/c1-25(2,3)19-13-28-21(33-19)15-34-22-14-29-24(35-22)30-20(31)11-6-4-5-10-18(23(27)32)16-8-7-9-17(26)12-16/h7-9,12-14,18H,4-6,10-11,15,26H2,1-3H3,(H2,27,32)(H,29,30,31). The van der Waals surface area contributed by atoms with Crippen molar-refractivity contribution in [3.63, 3.8) is 0 Å². The Labute approximate surface area is 214 Å². The van der Waals surface area contributed by atoms with Crippen LogP contribution in [-0.2, 0) is 20.8 Å². The van der Waals surface area contributed by atoms with Crippen LogP contribution in [0.1, 0.15) is 76.0 Å². The molecular weight excluding hydrogens is 482 g/mol. The summed E-state index contributed by atoms with van der Waals surface area (Å²) >= 11 is 3.01. The fraction of sp³-hybridized carbons (Fsp3) is 0.440. The zero-order valence-electron chi connectivity index (χ0n) is 20.4. The number of anilines is 2. The molecule has 0 aliphatic rings. The Hall–Kier alpha value is -2.85. The highest BCUT2D eigenvalue weighted by atomic mass is 32.2. The van der Waals surface area contributed by atoms with E-state index >= 15 is 0 Å². The van der Waals surface area contributed by atoms with E-state index in [0.29, 0.717) is 35.3 Å². The third-order valence-electron chi connectivity index (χ3n) is 5.41. The minimum Gasteiger partial charge on any atom is -0.444 e. The van der Waals surface area contributed by atoms with Crippen molar-refractivity contribution in [3.05, 3.63) is 53.9 Å². The van der Waals surface area contributed by atoms with Gasteiger partial charge in [0.15, 0.2) is 5.13 Å². The molecule has 1 unspecified atom stereocenters. The van der Waals surface area contributed by atoms with Gasteiger partial charge in [-0.05, 0) is 30.5 Å². The molecule has 35 heavy (non-hydrogen) atoms. The molecule has 0 saturated carbocycles. The SMILES string of the molecule is CC(C)(C)c1cnc(CSc2cnc(NC(=O)CCCCCC(C(N)=O)c3cccc(N)c3)s2)o1. The number of carbonyl (C=O) groups is 2. The van der Waals surface area contributed by atoms with Crippen LogP contribution in [0.2, 0.25) is 0 Å². The maximum absolute atomic E-state index is 12.3. The first-order chi connectivity index (χ1) is 16.6. The molecule has 188 valence electrons. The molecule has 3 aromatic rings. The van der Waals surface area contributed by atoms with Crippen LogP contribution in [0.4, 0.5) is 10.8 Å². The molecule has 0 fully saturated rings. The number of oxazole rings is 1. The van der Waals surface area contributed by atoms with Crippen molar-refractivity contribution < 1.29 is 14.0 Å². The van der Waals surface area contributed by atoms with E-state index in [-0.39, 0.29) is 23.1 Å². The molecule has 2 heterocycles. The average Bonchev–Trinajstić information content (AvgIpc) is 3.44. The molecule has 8 nitrogen and oxygen atoms in total. The Morgan fingerprint density at radius 3 is 2.66 bits per heavy atom. The van der Waals surface area contributed by atoms with Crippen LogP contribution in [0.15, 0.2) is 45.3 Å². The van der Waals surface area contributed by atoms with Gasteiger partial charge in [-0.15, -0.1) is 11.8 Å². The van der Waals surface area contributed by atoms with Crippen LogP contribution in [0.5, 0.6) is 0 Å². The van der Waals surface area contributed by atoms with Gasteiger partial charge in [-0.25, -0.2) is 9.97 Å². The Bertz CT molecular complexity index is 1140. The second-order valence-corrected chi connectivity index (χ2v) is 11.7. The van der Waals surface area contributed by atoms with Gasteiger partial charge in [0, 0.05) is 17.5 Å². The van der Waals surface area contributed by atoms with Crippen molar-refractivity contribution in [2.75, 3.05) is 11.1 Å². The first kappa shape index (κ1) is 26.7. The largest absolute Gasteiger partial charge is 0.444 e. The summed E-state index contributed by atoms with van der Waals surface area (Å²) in [5, 5.41) is 3.44. The van der Waals surface area contributed by atoms with E-state index in [9.17, 15) is 9.59 Å². The Morgan fingerprint density at radius 2 is 1.97 bits per heavy atom. The van der Waals surface area contributed by atoms with Gasteiger partial charge < -0.3 is 21.2 Å². The number of thiazole rings is 1. The highest BCUT2D eigenvalue weighted by molar-refractivity contribution is 8.00. The number of primary amides is 1. The molecule has 1 aromatic carbocycles. The summed E-state index contributed by atoms with van der Waals surface area (Å²) in [6.07, 6.45) is 6.90. The Kier molecular flexibility index (Phi) is 9.33. The summed E-state index contributed by atoms with van der Waals surface area (Å²) in [5.74, 6) is 1.35. The fourth-order valence-electron chi connectivity index (χ4n) is 3.48. The number of benzene rings is 1. The van der Waals surface area contributed by atoms with Gasteiger partial charge in [0.1, 0.15) is 5.76 Å². The quantitative estimate of drug-likeness (QED) is 0.165. The van der Waals surface area contributed by atoms with Crippen LogP contribution in [-0.4, -0.2) is 21.8 Å². The first-order valence-corrected chi connectivity index (χ1v) is 13.4. The van der Waals surface area contributed by atoms with Gasteiger partial charge in [-0.3, -0.25) is 9.59 Å². The fourth-order valence-corrected chi connectivity index (χ4v) is 5.22. The number of amides is 2. The van der Waals surface area contributed by atoms with E-state index in [1.807, 2.05) is 12.1 Å². The van der Waals surface area contributed by atoms with Gasteiger partial charge in [0.2, 0.25) is 17.7 Å². The smallest absolute Gasteiger partial charge is 0.226 e. The number of hydrogen-bond acceptors (Lipinski definition) is 8. The summed E-state index contributed by atoms with van der Waals surface area (Å²) in [6, 6.07) is 7.26. The van der Waals surface area contributed by atoms with Crippen molar-refractivity contribution in [2.24, 2.45) is 5.73 Å². The molecule has 0 aliphatic carbocycles. The highest BCUT2D eigenvalue weighted by Gasteiger charge is 2.20. The summed E-state index contributed by atoms with van der Waals surface area (Å²) in [6.45, 7) is 6.26. The molecule has 0 bridgehead atoms. The van der Waals surface area contributed by atoms with Gasteiger partial charge in [0.25, 0.3) is 0 Å². The number of thioether (sulfide) groups is 1. The molecule has 0 aliphatic heterocycles. The second kappa shape index (κ2) is 12.2. The van der Waals surface area contributed by atoms with E-state index < -0.39 is 0 Å². The molecular formula is C25H33N5O3S2. The van der Waals surface area contributed by atoms with Crippen molar-refractivity contribution in [3.8, 4) is 0 Å². The number of carbonyl (C=O) groups excluding carboxylic acids is 2. The minimum absolute atomic E-state index is 0.0688. The number of nitrogen functional groups attached to an aromatic ring is 1. The lowest BCUT2D eigenvalue weighted by Crippen LogP contribution is -2.21. The third-order valence-corrected chi connectivity index (χ3v) is 7.51. The lowest BCUT2D eigenvalue weighted by atomic mass is 9.92. The van der Waals surface area contributed by atoms with E-state index in [1.165, 1.54) is 11.3 Å². The Balaban J connectivity index is 1.36. The number of hydrogen-bond donors (Lipinski definition) is 3. The summed E-state index contributed by atoms with van der Waals surface area (Å²) in [4.78, 5) is 32.8. The molecule has 0 spiro atoms. The number of unbranched alkanes of at least 4 members (excludes halogenated alkanes) is 2. The van der Waals surface area contributed by atoms with E-state index in [4.69, 9.17) is 15.9 Å². The van der Waals surface area contributed by atoms with Crippen LogP contribution in [0.25, 0.3) is 0 Å². The molecule has 10 heteroatoms. The highest BCUT2D eigenvalue weighted by Crippen LogP contribution is 2.32. The van der Waals surface area contributed by atoms with Gasteiger partial charge in [0.05, 0.1) is 28.3 Å². The third kappa shape index (κ3) is 8.40. The van der Waals surface area contributed by atoms with Gasteiger partial charge >= 0.3 is 0 Å². The lowest BCUT2D eigenvalue weighted by molar-refractivity contribution is -0.119. The first-order valence-electron chi connectivity index (χ1n) is 11.6. The van der Waals surface area contributed by atoms with E-state index in [2.05, 4.69) is 36.1 Å². The van der Waals surface area contributed by atoms with Crippen LogP contribution in [0.3, 0.4) is 0 Å². The number of rotatable bonds is 12. The van der Waals surface area contributed by atoms with Crippen molar-refractivity contribution >= 4 is 45.7 Å². The molecule has 2 aromatic heterocycles. The summed E-state index contributed by atoms with van der Waals surface area (Å²) < 4.78 is 6.80. The molecule has 0 saturated heterocycles. The second-order valence-electron chi connectivity index (χ2n) is 9.41. The number of aromatic nitrogens is 2. The van der Waals surface area contributed by atoms with Crippen molar-refractivity contribution in [2.45, 2.75) is 74.2 Å². The van der Waals surface area contributed by atoms with Crippen LogP contribution < -0.4 is 16.8 Å². The molecule has 2 amide bonds. The Morgan fingerprint density at radius 1 is 1.17 bits per heavy atom. The average molecular weight is 516 g/mol. The van der Waals surface area contributed by atoms with Gasteiger partial charge in [-0.1, -0.05) is 57.1 Å². The lowest BCUT2D eigenvalue weighted by Gasteiger charge is -2.14. The van der Waals surface area contributed by atoms with Crippen LogP contribution >= 0.6 is 23.1 Å². The normalized spacial score (nSPS) is 12.4. The molecule has 3 rings (SSSR count). The maximum atomic E-state index is 12.3. The number of nitrogens with one attached hydrogen (secondary N) is 1. The molecule has 1 atom stereocenters. The van der Waals surface area contributed by atoms with E-state index in [0.717, 1.165) is 34.8 Å². The zero-order valence-corrected chi connectivity index (χ0v) is 22.0. The van der Waals surface area contributed by atoms with Crippen molar-refractivity contribution in [1.82, 2.24) is 9.97 Å². The summed E-state index contributed by atoms with van der Waals surface area (Å²) in [5.41, 5.74) is 12.8. The monoisotopic (exact) mass is 515 g/mol. The predicted octanol–water partition coefficient (Wildman–Crippen LogP) is 5.46. The van der Waals surface area contributed by atoms with Gasteiger partial charge in [-0.2, -0.15) is 0 Å². The number of nitrogens with zero attached hydrogens (tertiary/aromatic N) is 2. The topological polar surface area (TPSA) is 137 Å². The molecule has 0 radical (unpaired) electrons. The molecule has 5 N–H and O–H groups in total. The maximum Gasteiger partial charge on any atom is 0.226 e. The van der Waals surface area contributed by atoms with Crippen molar-refractivity contribution in [1.29, 1.82) is 0 Å². The van der Waals surface area contributed by atoms with Crippen LogP contribution in [0, 0.1) is 0 Å².